The minimum Gasteiger partial charge on any atom is -0.436 e. The Morgan fingerprint density at radius 3 is 2.25 bits per heavy atom. The smallest absolute Gasteiger partial charge is 0.223 e. The Morgan fingerprint density at radius 2 is 1.46 bits per heavy atom. The third-order valence-electron chi connectivity index (χ3n) is 4.98. The van der Waals surface area contributed by atoms with Crippen LogP contribution in [0.4, 0.5) is 0 Å². The number of oxazole rings is 1. The summed E-state index contributed by atoms with van der Waals surface area (Å²) in [6.45, 7) is 0. The summed E-state index contributed by atoms with van der Waals surface area (Å²) in [6, 6.07) is 26.9. The highest BCUT2D eigenvalue weighted by atomic mass is 16.3. The predicted octanol–water partition coefficient (Wildman–Crippen LogP) is 6.92. The molecule has 1 heterocycles. The Balaban J connectivity index is 1.50. The molecule has 0 unspecified atom stereocenters. The van der Waals surface area contributed by atoms with Gasteiger partial charge in [-0.2, -0.15) is 0 Å². The molecule has 0 atom stereocenters. The highest BCUT2D eigenvalue weighted by molar-refractivity contribution is 5.84. The van der Waals surface area contributed by atoms with Gasteiger partial charge in [0.05, 0.1) is 0 Å². The van der Waals surface area contributed by atoms with Gasteiger partial charge in [-0.25, -0.2) is 4.98 Å². The zero-order valence-electron chi connectivity index (χ0n) is 15.4. The third-order valence-corrected chi connectivity index (χ3v) is 4.98. The molecule has 134 valence electrons. The molecular weight excluding hydrogens is 342 g/mol. The number of fused-ring (bicyclic) bond motifs is 1. The predicted molar refractivity (Wildman–Crippen MR) is 116 cm³/mol. The topological polar surface area (TPSA) is 26.0 Å². The molecule has 0 saturated heterocycles. The second kappa shape index (κ2) is 7.16. The summed E-state index contributed by atoms with van der Waals surface area (Å²) in [4.78, 5) is 4.76. The fourth-order valence-electron chi connectivity index (χ4n) is 3.48. The Hall–Kier alpha value is -3.65. The summed E-state index contributed by atoms with van der Waals surface area (Å²) in [7, 11) is 0. The van der Waals surface area contributed by atoms with Gasteiger partial charge in [0.25, 0.3) is 0 Å². The zero-order chi connectivity index (χ0) is 18.8. The fraction of sp³-hybridized carbons (Fsp3) is 0.0385. The molecule has 0 fully saturated rings. The molecule has 0 saturated carbocycles. The van der Waals surface area contributed by atoms with Crippen LogP contribution in [-0.2, 0) is 0 Å². The lowest BCUT2D eigenvalue weighted by atomic mass is 10.1. The number of hydrogen-bond acceptors (Lipinski definition) is 2. The van der Waals surface area contributed by atoms with E-state index in [0.29, 0.717) is 5.89 Å². The van der Waals surface area contributed by atoms with Crippen molar-refractivity contribution in [1.29, 1.82) is 0 Å². The lowest BCUT2D eigenvalue weighted by molar-refractivity contribution is 0.582. The molecule has 1 aliphatic carbocycles. The number of allylic oxidation sites excluding steroid dienone is 6. The maximum Gasteiger partial charge on any atom is 0.223 e. The number of nitrogens with zero attached hydrogens (tertiary/aromatic N) is 1. The Bertz CT molecular complexity index is 1210. The standard InChI is InChI=1S/C26H19NO/c1-3-8-19(9-4-1)21-12-7-13-22(15-14-21)26-27-24-18-23(16-17-25(24)28-26)20-10-5-2-6-11-20/h1-12,14-18H,13H2. The summed E-state index contributed by atoms with van der Waals surface area (Å²) < 4.78 is 6.05. The molecule has 1 aliphatic rings. The number of aromatic nitrogens is 1. The molecular formula is C26H19NO. The van der Waals surface area contributed by atoms with Crippen LogP contribution >= 0.6 is 0 Å². The Kier molecular flexibility index (Phi) is 4.23. The summed E-state index contributed by atoms with van der Waals surface area (Å²) in [5, 5.41) is 0. The average Bonchev–Trinajstić information content (AvgIpc) is 3.03. The van der Waals surface area contributed by atoms with Gasteiger partial charge in [-0.15, -0.1) is 0 Å². The van der Waals surface area contributed by atoms with Gasteiger partial charge in [-0.05, 0) is 40.8 Å². The van der Waals surface area contributed by atoms with Crippen molar-refractivity contribution in [3.63, 3.8) is 0 Å². The van der Waals surface area contributed by atoms with E-state index in [2.05, 4.69) is 72.8 Å². The zero-order valence-corrected chi connectivity index (χ0v) is 15.4. The van der Waals surface area contributed by atoms with Gasteiger partial charge in [0.1, 0.15) is 5.52 Å². The lowest BCUT2D eigenvalue weighted by Gasteiger charge is -1.99. The van der Waals surface area contributed by atoms with Crippen molar-refractivity contribution in [3.8, 4) is 11.1 Å². The monoisotopic (exact) mass is 361 g/mol. The van der Waals surface area contributed by atoms with E-state index in [0.717, 1.165) is 28.7 Å². The largest absolute Gasteiger partial charge is 0.436 e. The first kappa shape index (κ1) is 16.5. The first-order valence-corrected chi connectivity index (χ1v) is 9.46. The Morgan fingerprint density at radius 1 is 0.714 bits per heavy atom. The normalized spacial score (nSPS) is 13.9. The highest BCUT2D eigenvalue weighted by Crippen LogP contribution is 2.30. The second-order valence-corrected chi connectivity index (χ2v) is 6.85. The van der Waals surface area contributed by atoms with Gasteiger partial charge in [-0.3, -0.25) is 0 Å². The molecule has 0 bridgehead atoms. The van der Waals surface area contributed by atoms with Crippen molar-refractivity contribution >= 4 is 22.2 Å². The highest BCUT2D eigenvalue weighted by Gasteiger charge is 2.12. The number of rotatable bonds is 3. The molecule has 5 rings (SSSR count). The van der Waals surface area contributed by atoms with E-state index in [1.807, 2.05) is 30.3 Å². The SMILES string of the molecule is C1=CC(c2ccccc2)=CC=C(c2nc3cc(-c4ccccc4)ccc3o2)C1. The number of hydrogen-bond donors (Lipinski definition) is 0. The second-order valence-electron chi connectivity index (χ2n) is 6.85. The van der Waals surface area contributed by atoms with E-state index in [-0.39, 0.29) is 0 Å². The molecule has 28 heavy (non-hydrogen) atoms. The van der Waals surface area contributed by atoms with Crippen LogP contribution < -0.4 is 0 Å². The minimum atomic E-state index is 0.690. The Labute approximate surface area is 164 Å². The van der Waals surface area contributed by atoms with Gasteiger partial charge in [-0.1, -0.05) is 91.0 Å². The maximum atomic E-state index is 6.05. The quantitative estimate of drug-likeness (QED) is 0.396. The molecule has 0 N–H and O–H groups in total. The van der Waals surface area contributed by atoms with Crippen LogP contribution in [0.2, 0.25) is 0 Å². The van der Waals surface area contributed by atoms with Crippen LogP contribution in [0.1, 0.15) is 17.9 Å². The molecule has 0 spiro atoms. The third kappa shape index (κ3) is 3.21. The van der Waals surface area contributed by atoms with Crippen molar-refractivity contribution in [1.82, 2.24) is 4.98 Å². The van der Waals surface area contributed by atoms with Crippen molar-refractivity contribution in [3.05, 3.63) is 115 Å². The van der Waals surface area contributed by atoms with E-state index in [4.69, 9.17) is 9.40 Å². The van der Waals surface area contributed by atoms with Gasteiger partial charge in [0.2, 0.25) is 5.89 Å². The molecule has 0 amide bonds. The van der Waals surface area contributed by atoms with E-state index in [9.17, 15) is 0 Å². The van der Waals surface area contributed by atoms with Crippen molar-refractivity contribution in [2.45, 2.75) is 6.42 Å². The summed E-state index contributed by atoms with van der Waals surface area (Å²) in [5.74, 6) is 0.690. The number of benzene rings is 3. The van der Waals surface area contributed by atoms with Crippen molar-refractivity contribution < 1.29 is 4.42 Å². The van der Waals surface area contributed by atoms with Crippen LogP contribution in [-0.4, -0.2) is 4.98 Å². The molecule has 4 aromatic rings. The first-order chi connectivity index (χ1) is 13.9. The van der Waals surface area contributed by atoms with Gasteiger partial charge < -0.3 is 4.42 Å². The molecule has 2 heteroatoms. The van der Waals surface area contributed by atoms with E-state index >= 15 is 0 Å². The minimum absolute atomic E-state index is 0.690. The summed E-state index contributed by atoms with van der Waals surface area (Å²) in [6.07, 6.45) is 9.38. The van der Waals surface area contributed by atoms with Crippen molar-refractivity contribution in [2.24, 2.45) is 0 Å². The van der Waals surface area contributed by atoms with Gasteiger partial charge >= 0.3 is 0 Å². The van der Waals surface area contributed by atoms with Crippen LogP contribution in [0.15, 0.2) is 108 Å². The first-order valence-electron chi connectivity index (χ1n) is 9.46. The van der Waals surface area contributed by atoms with E-state index in [1.54, 1.807) is 0 Å². The summed E-state index contributed by atoms with van der Waals surface area (Å²) >= 11 is 0. The van der Waals surface area contributed by atoms with Gasteiger partial charge in [0.15, 0.2) is 5.58 Å². The van der Waals surface area contributed by atoms with Crippen molar-refractivity contribution in [2.75, 3.05) is 0 Å². The fourth-order valence-corrected chi connectivity index (χ4v) is 3.48. The lowest BCUT2D eigenvalue weighted by Crippen LogP contribution is -1.82. The average molecular weight is 361 g/mol. The molecule has 1 aromatic heterocycles. The molecule has 3 aromatic carbocycles. The van der Waals surface area contributed by atoms with Crippen LogP contribution in [0.25, 0.3) is 33.4 Å². The van der Waals surface area contributed by atoms with Crippen LogP contribution in [0, 0.1) is 0 Å². The van der Waals surface area contributed by atoms with Crippen LogP contribution in [0.5, 0.6) is 0 Å². The van der Waals surface area contributed by atoms with Crippen LogP contribution in [0.3, 0.4) is 0 Å². The maximum absolute atomic E-state index is 6.05. The molecule has 2 nitrogen and oxygen atoms in total. The van der Waals surface area contributed by atoms with E-state index in [1.165, 1.54) is 16.7 Å². The summed E-state index contributed by atoms with van der Waals surface area (Å²) in [5.41, 5.74) is 7.52. The molecule has 0 aliphatic heterocycles. The molecule has 0 radical (unpaired) electrons. The van der Waals surface area contributed by atoms with E-state index < -0.39 is 0 Å². The van der Waals surface area contributed by atoms with Gasteiger partial charge in [0, 0.05) is 5.57 Å².